The molecule has 1 aliphatic heterocycles. The zero-order valence-corrected chi connectivity index (χ0v) is 11.9. The fourth-order valence-electron chi connectivity index (χ4n) is 2.80. The predicted molar refractivity (Wildman–Crippen MR) is 74.5 cm³/mol. The second-order valence-electron chi connectivity index (χ2n) is 5.63. The predicted octanol–water partition coefficient (Wildman–Crippen LogP) is 0.939. The lowest BCUT2D eigenvalue weighted by atomic mass is 9.92. The van der Waals surface area contributed by atoms with Crippen LogP contribution >= 0.6 is 0 Å². The van der Waals surface area contributed by atoms with Crippen molar-refractivity contribution in [1.82, 2.24) is 14.7 Å². The van der Waals surface area contributed by atoms with Crippen molar-refractivity contribution in [2.75, 3.05) is 13.1 Å². The summed E-state index contributed by atoms with van der Waals surface area (Å²) in [7, 11) is 1.89. The molecule has 5 heteroatoms. The van der Waals surface area contributed by atoms with E-state index in [9.17, 15) is 4.79 Å². The third kappa shape index (κ3) is 3.56. The standard InChI is InChI=1S/C14H24N4O/c1-11-5-6-18(13(7-11)8-15)14(19)4-3-12-9-16-17(2)10-12/h9-11,13H,3-8,15H2,1-2H3. The number of rotatable bonds is 4. The molecule has 0 radical (unpaired) electrons. The molecular formula is C14H24N4O. The Kier molecular flexibility index (Phi) is 4.58. The molecule has 2 heterocycles. The van der Waals surface area contributed by atoms with Crippen molar-refractivity contribution < 1.29 is 4.79 Å². The van der Waals surface area contributed by atoms with Crippen LogP contribution in [0.1, 0.15) is 31.7 Å². The molecule has 2 unspecified atom stereocenters. The van der Waals surface area contributed by atoms with Crippen molar-refractivity contribution in [2.45, 2.75) is 38.6 Å². The van der Waals surface area contributed by atoms with Crippen LogP contribution in [-0.4, -0.2) is 39.7 Å². The number of nitrogens with two attached hydrogens (primary N) is 1. The molecule has 1 amide bonds. The van der Waals surface area contributed by atoms with Crippen LogP contribution in [0.15, 0.2) is 12.4 Å². The number of hydrogen-bond donors (Lipinski definition) is 1. The molecule has 0 bridgehead atoms. The number of likely N-dealkylation sites (tertiary alicyclic amines) is 1. The van der Waals surface area contributed by atoms with E-state index >= 15 is 0 Å². The Bertz CT molecular complexity index is 429. The van der Waals surface area contributed by atoms with Gasteiger partial charge in [0.2, 0.25) is 5.91 Å². The Morgan fingerprint density at radius 3 is 3.00 bits per heavy atom. The highest BCUT2D eigenvalue weighted by Gasteiger charge is 2.28. The molecule has 0 aliphatic carbocycles. The molecule has 5 nitrogen and oxygen atoms in total. The van der Waals surface area contributed by atoms with Crippen molar-refractivity contribution in [3.63, 3.8) is 0 Å². The lowest BCUT2D eigenvalue weighted by molar-refractivity contribution is -0.135. The van der Waals surface area contributed by atoms with Crippen molar-refractivity contribution >= 4 is 5.91 Å². The van der Waals surface area contributed by atoms with Crippen LogP contribution in [0.4, 0.5) is 0 Å². The van der Waals surface area contributed by atoms with E-state index < -0.39 is 0 Å². The average molecular weight is 264 g/mol. The first-order valence-corrected chi connectivity index (χ1v) is 7.07. The van der Waals surface area contributed by atoms with Crippen LogP contribution in [-0.2, 0) is 18.3 Å². The van der Waals surface area contributed by atoms with Gasteiger partial charge in [-0.3, -0.25) is 9.48 Å². The molecule has 1 aromatic heterocycles. The second-order valence-corrected chi connectivity index (χ2v) is 5.63. The molecule has 2 rings (SSSR count). The minimum atomic E-state index is 0.227. The zero-order chi connectivity index (χ0) is 13.8. The third-order valence-electron chi connectivity index (χ3n) is 3.96. The molecule has 0 aromatic carbocycles. The summed E-state index contributed by atoms with van der Waals surface area (Å²) in [5.74, 6) is 0.905. The molecule has 0 saturated carbocycles. The van der Waals surface area contributed by atoms with Gasteiger partial charge in [-0.05, 0) is 30.7 Å². The SMILES string of the molecule is CC1CCN(C(=O)CCc2cnn(C)c2)C(CN)C1. The Balaban J connectivity index is 1.88. The van der Waals surface area contributed by atoms with E-state index in [4.69, 9.17) is 5.73 Å². The lowest BCUT2D eigenvalue weighted by Crippen LogP contribution is -2.49. The normalized spacial score (nSPS) is 23.6. The summed E-state index contributed by atoms with van der Waals surface area (Å²) in [6.07, 6.45) is 7.23. The summed E-state index contributed by atoms with van der Waals surface area (Å²) in [5.41, 5.74) is 6.91. The second kappa shape index (κ2) is 6.19. The molecule has 2 atom stereocenters. The molecule has 0 spiro atoms. The number of nitrogens with zero attached hydrogens (tertiary/aromatic N) is 3. The highest BCUT2D eigenvalue weighted by atomic mass is 16.2. The number of carbonyl (C=O) groups is 1. The van der Waals surface area contributed by atoms with Gasteiger partial charge < -0.3 is 10.6 Å². The number of carbonyl (C=O) groups excluding carboxylic acids is 1. The van der Waals surface area contributed by atoms with Gasteiger partial charge >= 0.3 is 0 Å². The quantitative estimate of drug-likeness (QED) is 0.880. The maximum absolute atomic E-state index is 12.3. The van der Waals surface area contributed by atoms with E-state index in [2.05, 4.69) is 12.0 Å². The zero-order valence-electron chi connectivity index (χ0n) is 11.9. The van der Waals surface area contributed by atoms with Crippen molar-refractivity contribution in [2.24, 2.45) is 18.7 Å². The van der Waals surface area contributed by atoms with Crippen molar-refractivity contribution in [3.05, 3.63) is 18.0 Å². The van der Waals surface area contributed by atoms with E-state index in [-0.39, 0.29) is 11.9 Å². The van der Waals surface area contributed by atoms with Crippen LogP contribution in [0.2, 0.25) is 0 Å². The van der Waals surface area contributed by atoms with Crippen LogP contribution in [0.25, 0.3) is 0 Å². The highest BCUT2D eigenvalue weighted by molar-refractivity contribution is 5.77. The Labute approximate surface area is 114 Å². The van der Waals surface area contributed by atoms with Crippen LogP contribution in [0.3, 0.4) is 0 Å². The van der Waals surface area contributed by atoms with Gasteiger partial charge in [-0.25, -0.2) is 0 Å². The molecule has 1 aromatic rings. The lowest BCUT2D eigenvalue weighted by Gasteiger charge is -2.38. The first-order valence-electron chi connectivity index (χ1n) is 7.07. The van der Waals surface area contributed by atoms with Crippen LogP contribution in [0, 0.1) is 5.92 Å². The summed E-state index contributed by atoms with van der Waals surface area (Å²) in [6.45, 7) is 3.66. The van der Waals surface area contributed by atoms with Gasteiger partial charge in [-0.15, -0.1) is 0 Å². The number of aromatic nitrogens is 2. The van der Waals surface area contributed by atoms with Gasteiger partial charge in [-0.2, -0.15) is 5.10 Å². The van der Waals surface area contributed by atoms with Gasteiger partial charge in [-0.1, -0.05) is 6.92 Å². The molecule has 1 aliphatic rings. The highest BCUT2D eigenvalue weighted by Crippen LogP contribution is 2.22. The molecule has 106 valence electrons. The van der Waals surface area contributed by atoms with Gasteiger partial charge in [0.25, 0.3) is 0 Å². The maximum atomic E-state index is 12.3. The van der Waals surface area contributed by atoms with Crippen LogP contribution < -0.4 is 5.73 Å². The minimum absolute atomic E-state index is 0.227. The van der Waals surface area contributed by atoms with E-state index in [1.807, 2.05) is 24.3 Å². The molecule has 2 N–H and O–H groups in total. The first-order chi connectivity index (χ1) is 9.10. The van der Waals surface area contributed by atoms with Crippen molar-refractivity contribution in [3.8, 4) is 0 Å². The smallest absolute Gasteiger partial charge is 0.223 e. The summed E-state index contributed by atoms with van der Waals surface area (Å²) >= 11 is 0. The van der Waals surface area contributed by atoms with Gasteiger partial charge in [0.1, 0.15) is 0 Å². The summed E-state index contributed by atoms with van der Waals surface area (Å²) < 4.78 is 1.77. The van der Waals surface area contributed by atoms with E-state index in [0.717, 1.165) is 31.4 Å². The largest absolute Gasteiger partial charge is 0.338 e. The van der Waals surface area contributed by atoms with Gasteiger partial charge in [0.15, 0.2) is 0 Å². The first kappa shape index (κ1) is 14.1. The van der Waals surface area contributed by atoms with E-state index in [1.165, 1.54) is 0 Å². The third-order valence-corrected chi connectivity index (χ3v) is 3.96. The van der Waals surface area contributed by atoms with Crippen molar-refractivity contribution in [1.29, 1.82) is 0 Å². The number of hydrogen-bond acceptors (Lipinski definition) is 3. The fraction of sp³-hybridized carbons (Fsp3) is 0.714. The summed E-state index contributed by atoms with van der Waals surface area (Å²) in [6, 6.07) is 0.227. The minimum Gasteiger partial charge on any atom is -0.338 e. The Morgan fingerprint density at radius 1 is 1.58 bits per heavy atom. The number of piperidine rings is 1. The molecule has 1 saturated heterocycles. The summed E-state index contributed by atoms with van der Waals surface area (Å²) in [4.78, 5) is 14.3. The number of aryl methyl sites for hydroxylation is 2. The molecular weight excluding hydrogens is 240 g/mol. The Morgan fingerprint density at radius 2 is 2.37 bits per heavy atom. The molecule has 19 heavy (non-hydrogen) atoms. The van der Waals surface area contributed by atoms with E-state index in [0.29, 0.717) is 18.9 Å². The molecule has 1 fully saturated rings. The summed E-state index contributed by atoms with van der Waals surface area (Å²) in [5, 5.41) is 4.12. The van der Waals surface area contributed by atoms with Gasteiger partial charge in [0, 0.05) is 38.8 Å². The van der Waals surface area contributed by atoms with Crippen LogP contribution in [0.5, 0.6) is 0 Å². The topological polar surface area (TPSA) is 64.2 Å². The Hall–Kier alpha value is -1.36. The average Bonchev–Trinajstić information content (AvgIpc) is 2.81. The maximum Gasteiger partial charge on any atom is 0.223 e. The monoisotopic (exact) mass is 264 g/mol. The van der Waals surface area contributed by atoms with E-state index in [1.54, 1.807) is 4.68 Å². The fourth-order valence-corrected chi connectivity index (χ4v) is 2.80. The number of amides is 1. The van der Waals surface area contributed by atoms with Gasteiger partial charge in [0.05, 0.1) is 6.20 Å².